The molecule has 1 unspecified atom stereocenters. The lowest BCUT2D eigenvalue weighted by Gasteiger charge is -2.26. The third kappa shape index (κ3) is 5.39. The molecule has 4 aromatic rings. The van der Waals surface area contributed by atoms with Crippen molar-refractivity contribution in [3.8, 4) is 28.7 Å². The molecule has 0 aromatic heterocycles. The van der Waals surface area contributed by atoms with Crippen LogP contribution in [0, 0.1) is 0 Å². The van der Waals surface area contributed by atoms with Crippen LogP contribution in [-0.4, -0.2) is 32.6 Å². The zero-order valence-electron chi connectivity index (χ0n) is 22.7. The third-order valence-corrected chi connectivity index (χ3v) is 7.27. The van der Waals surface area contributed by atoms with Crippen molar-refractivity contribution in [2.24, 2.45) is 0 Å². The van der Waals surface area contributed by atoms with Gasteiger partial charge < -0.3 is 23.7 Å². The number of esters is 1. The summed E-state index contributed by atoms with van der Waals surface area (Å²) in [5.74, 6) is 2.35. The molecule has 0 aliphatic carbocycles. The Balaban J connectivity index is 1.26. The number of rotatable bonds is 8. The number of methoxy groups -OCH3 is 2. The lowest BCUT2D eigenvalue weighted by Crippen LogP contribution is -2.21. The van der Waals surface area contributed by atoms with E-state index in [1.54, 1.807) is 32.4 Å². The molecule has 0 amide bonds. The second kappa shape index (κ2) is 11.2. The predicted molar refractivity (Wildman–Crippen MR) is 153 cm³/mol. The number of hydrogen-bond acceptors (Lipinski definition) is 7. The Hall–Kier alpha value is -5.04. The van der Waals surface area contributed by atoms with E-state index >= 15 is 0 Å². The fraction of sp³-hybridized carbons (Fsp3) is 0.176. The molecule has 2 aliphatic rings. The average molecular weight is 549 g/mol. The lowest BCUT2D eigenvalue weighted by molar-refractivity contribution is -0.135. The van der Waals surface area contributed by atoms with E-state index in [0.29, 0.717) is 35.0 Å². The summed E-state index contributed by atoms with van der Waals surface area (Å²) in [5.41, 5.74) is 3.95. The van der Waals surface area contributed by atoms with E-state index in [2.05, 4.69) is 0 Å². The zero-order chi connectivity index (χ0) is 28.3. The van der Waals surface area contributed by atoms with Gasteiger partial charge in [0.25, 0.3) is 0 Å². The fourth-order valence-corrected chi connectivity index (χ4v) is 5.14. The highest BCUT2D eigenvalue weighted by Gasteiger charge is 2.38. The summed E-state index contributed by atoms with van der Waals surface area (Å²) in [6.07, 6.45) is 2.56. The van der Waals surface area contributed by atoms with Crippen LogP contribution in [0.15, 0.2) is 90.7 Å². The molecular weight excluding hydrogens is 520 g/mol. The first-order valence-electron chi connectivity index (χ1n) is 13.3. The molecule has 4 aromatic carbocycles. The van der Waals surface area contributed by atoms with Gasteiger partial charge in [-0.2, -0.15) is 0 Å². The van der Waals surface area contributed by atoms with Crippen LogP contribution < -0.4 is 23.7 Å². The standard InChI is InChI=1S/C34H28O7/c1-37-24-10-6-21(7-11-24)16-17-39-26-5-3-4-23(19-26)28-20-31(35)40-29-15-14-27-33(36)30(41-34(27)32(28)29)18-22-8-12-25(38-2)13-9-22/h3-15,18-19,28H,16-17,20H2,1-2H3. The summed E-state index contributed by atoms with van der Waals surface area (Å²) in [6, 6.07) is 26.3. The minimum atomic E-state index is -0.362. The highest BCUT2D eigenvalue weighted by molar-refractivity contribution is 6.15. The van der Waals surface area contributed by atoms with E-state index < -0.39 is 0 Å². The molecule has 6 rings (SSSR count). The monoisotopic (exact) mass is 548 g/mol. The molecule has 0 radical (unpaired) electrons. The molecule has 0 bridgehead atoms. The summed E-state index contributed by atoms with van der Waals surface area (Å²) in [4.78, 5) is 25.9. The highest BCUT2D eigenvalue weighted by Crippen LogP contribution is 2.49. The van der Waals surface area contributed by atoms with E-state index in [1.807, 2.05) is 72.8 Å². The van der Waals surface area contributed by atoms with Gasteiger partial charge in [-0.1, -0.05) is 36.4 Å². The molecule has 41 heavy (non-hydrogen) atoms. The quantitative estimate of drug-likeness (QED) is 0.144. The Morgan fingerprint density at radius 2 is 1.56 bits per heavy atom. The number of carbonyl (C=O) groups is 2. The summed E-state index contributed by atoms with van der Waals surface area (Å²) < 4.78 is 28.3. The first kappa shape index (κ1) is 26.2. The van der Waals surface area contributed by atoms with Crippen molar-refractivity contribution in [1.82, 2.24) is 0 Å². The van der Waals surface area contributed by atoms with Gasteiger partial charge >= 0.3 is 5.97 Å². The van der Waals surface area contributed by atoms with Gasteiger partial charge in [0.1, 0.15) is 28.7 Å². The summed E-state index contributed by atoms with van der Waals surface area (Å²) in [7, 11) is 3.25. The highest BCUT2D eigenvalue weighted by atomic mass is 16.5. The maximum atomic E-state index is 13.3. The Bertz CT molecular complexity index is 1640. The number of ether oxygens (including phenoxy) is 5. The SMILES string of the molecule is COc1ccc(C=C2Oc3c(ccc4c3C(c3cccc(OCCc5ccc(OC)cc5)c3)CC(=O)O4)C2=O)cc1. The Labute approximate surface area is 237 Å². The Morgan fingerprint density at radius 1 is 0.829 bits per heavy atom. The molecule has 0 saturated carbocycles. The molecule has 206 valence electrons. The molecule has 1 atom stereocenters. The van der Waals surface area contributed by atoms with E-state index in [4.69, 9.17) is 23.7 Å². The van der Waals surface area contributed by atoms with Crippen molar-refractivity contribution in [3.05, 3.63) is 119 Å². The van der Waals surface area contributed by atoms with Gasteiger partial charge in [0.05, 0.1) is 32.8 Å². The van der Waals surface area contributed by atoms with Gasteiger partial charge in [0.2, 0.25) is 5.78 Å². The van der Waals surface area contributed by atoms with Crippen LogP contribution >= 0.6 is 0 Å². The molecule has 0 saturated heterocycles. The molecule has 0 fully saturated rings. The van der Waals surface area contributed by atoms with Crippen molar-refractivity contribution in [3.63, 3.8) is 0 Å². The molecular formula is C34H28O7. The smallest absolute Gasteiger partial charge is 0.312 e. The van der Waals surface area contributed by atoms with E-state index in [9.17, 15) is 9.59 Å². The largest absolute Gasteiger partial charge is 0.497 e. The fourth-order valence-electron chi connectivity index (χ4n) is 5.14. The number of hydrogen-bond donors (Lipinski definition) is 0. The van der Waals surface area contributed by atoms with Crippen molar-refractivity contribution in [1.29, 1.82) is 0 Å². The number of allylic oxidation sites excluding steroid dienone is 1. The first-order valence-corrected chi connectivity index (χ1v) is 13.3. The second-order valence-corrected chi connectivity index (χ2v) is 9.82. The minimum Gasteiger partial charge on any atom is -0.497 e. The molecule has 7 heteroatoms. The number of Topliss-reactive ketones (excluding diaryl/α,β-unsaturated/α-hetero) is 1. The second-order valence-electron chi connectivity index (χ2n) is 9.82. The average Bonchev–Trinajstić information content (AvgIpc) is 3.32. The molecule has 7 nitrogen and oxygen atoms in total. The van der Waals surface area contributed by atoms with Crippen molar-refractivity contribution >= 4 is 17.8 Å². The van der Waals surface area contributed by atoms with E-state index in [-0.39, 0.29) is 29.9 Å². The van der Waals surface area contributed by atoms with Crippen LogP contribution in [0.3, 0.4) is 0 Å². The predicted octanol–water partition coefficient (Wildman–Crippen LogP) is 6.38. The lowest BCUT2D eigenvalue weighted by atomic mass is 9.84. The van der Waals surface area contributed by atoms with Gasteiger partial charge in [0, 0.05) is 17.9 Å². The van der Waals surface area contributed by atoms with Crippen LogP contribution in [0.1, 0.15) is 45.0 Å². The van der Waals surface area contributed by atoms with Gasteiger partial charge in [-0.05, 0) is 71.3 Å². The third-order valence-electron chi connectivity index (χ3n) is 7.27. The van der Waals surface area contributed by atoms with E-state index in [0.717, 1.165) is 34.6 Å². The van der Waals surface area contributed by atoms with Crippen LogP contribution in [0.5, 0.6) is 28.7 Å². The summed E-state index contributed by atoms with van der Waals surface area (Å²) in [5, 5.41) is 0. The first-order chi connectivity index (χ1) is 20.0. The van der Waals surface area contributed by atoms with Gasteiger partial charge in [-0.3, -0.25) is 9.59 Å². The topological polar surface area (TPSA) is 80.3 Å². The van der Waals surface area contributed by atoms with Crippen LogP contribution in [-0.2, 0) is 11.2 Å². The maximum absolute atomic E-state index is 13.3. The summed E-state index contributed by atoms with van der Waals surface area (Å²) >= 11 is 0. The van der Waals surface area contributed by atoms with Crippen molar-refractivity contribution in [2.45, 2.75) is 18.8 Å². The van der Waals surface area contributed by atoms with Crippen molar-refractivity contribution in [2.75, 3.05) is 20.8 Å². The maximum Gasteiger partial charge on any atom is 0.312 e. The summed E-state index contributed by atoms with van der Waals surface area (Å²) in [6.45, 7) is 0.492. The normalized spacial score (nSPS) is 16.4. The zero-order valence-corrected chi connectivity index (χ0v) is 22.7. The molecule has 2 aliphatic heterocycles. The molecule has 0 N–H and O–H groups in total. The van der Waals surface area contributed by atoms with E-state index in [1.165, 1.54) is 0 Å². The minimum absolute atomic E-state index is 0.119. The van der Waals surface area contributed by atoms with Crippen LogP contribution in [0.4, 0.5) is 0 Å². The van der Waals surface area contributed by atoms with Gasteiger partial charge in [-0.25, -0.2) is 0 Å². The van der Waals surface area contributed by atoms with Gasteiger partial charge in [-0.15, -0.1) is 0 Å². The molecule has 2 heterocycles. The number of ketones is 1. The number of fused-ring (bicyclic) bond motifs is 3. The molecule has 0 spiro atoms. The van der Waals surface area contributed by atoms with Crippen LogP contribution in [0.25, 0.3) is 6.08 Å². The number of carbonyl (C=O) groups excluding carboxylic acids is 2. The van der Waals surface area contributed by atoms with Gasteiger partial charge in [0.15, 0.2) is 5.76 Å². The number of benzene rings is 4. The Morgan fingerprint density at radius 3 is 2.29 bits per heavy atom. The van der Waals surface area contributed by atoms with Crippen LogP contribution in [0.2, 0.25) is 0 Å². The Kier molecular flexibility index (Phi) is 7.17. The van der Waals surface area contributed by atoms with Crippen molar-refractivity contribution < 1.29 is 33.3 Å².